The third-order valence-electron chi connectivity index (χ3n) is 2.40. The number of carbonyl (C=O) groups is 2. The fourth-order valence-electron chi connectivity index (χ4n) is 1.45. The number of nitrogens with zero attached hydrogens (tertiary/aromatic N) is 1. The molecule has 1 aliphatic heterocycles. The molecule has 1 saturated heterocycles. The summed E-state index contributed by atoms with van der Waals surface area (Å²) in [6.07, 6.45) is 1.56. The van der Waals surface area contributed by atoms with E-state index in [2.05, 4.69) is 0 Å². The van der Waals surface area contributed by atoms with E-state index < -0.39 is 5.41 Å². The highest BCUT2D eigenvalue weighted by molar-refractivity contribution is 5.97. The van der Waals surface area contributed by atoms with Crippen LogP contribution >= 0.6 is 0 Å². The van der Waals surface area contributed by atoms with E-state index in [1.807, 2.05) is 13.8 Å². The average Bonchev–Trinajstić information content (AvgIpc) is 2.12. The van der Waals surface area contributed by atoms with Gasteiger partial charge in [0.2, 0.25) is 11.8 Å². The zero-order valence-electron chi connectivity index (χ0n) is 8.75. The first-order valence-electron chi connectivity index (χ1n) is 4.90. The van der Waals surface area contributed by atoms with Gasteiger partial charge in [-0.3, -0.25) is 14.5 Å². The van der Waals surface area contributed by atoms with Crippen molar-refractivity contribution in [3.8, 4) is 0 Å². The standard InChI is InChI=1S/C10H17NO3/c1-10(2,7-12)6-11-8(13)4-3-5-9(11)14/h12H,3-7H2,1-2H3. The Morgan fingerprint density at radius 3 is 2.21 bits per heavy atom. The third kappa shape index (κ3) is 2.54. The van der Waals surface area contributed by atoms with Crippen molar-refractivity contribution in [2.45, 2.75) is 33.1 Å². The van der Waals surface area contributed by atoms with E-state index >= 15 is 0 Å². The van der Waals surface area contributed by atoms with Crippen molar-refractivity contribution in [2.75, 3.05) is 13.2 Å². The molecule has 80 valence electrons. The molecule has 1 rings (SSSR count). The lowest BCUT2D eigenvalue weighted by molar-refractivity contribution is -0.150. The number of carbonyl (C=O) groups excluding carboxylic acids is 2. The van der Waals surface area contributed by atoms with Gasteiger partial charge in [0.1, 0.15) is 0 Å². The van der Waals surface area contributed by atoms with Gasteiger partial charge in [0.15, 0.2) is 0 Å². The first-order valence-corrected chi connectivity index (χ1v) is 4.90. The minimum absolute atomic E-state index is 0.0238. The lowest BCUT2D eigenvalue weighted by Crippen LogP contribution is -2.46. The summed E-state index contributed by atoms with van der Waals surface area (Å²) in [4.78, 5) is 24.1. The summed E-state index contributed by atoms with van der Waals surface area (Å²) >= 11 is 0. The third-order valence-corrected chi connectivity index (χ3v) is 2.40. The van der Waals surface area contributed by atoms with E-state index in [1.165, 1.54) is 4.90 Å². The molecule has 1 aliphatic rings. The van der Waals surface area contributed by atoms with Crippen LogP contribution in [0.4, 0.5) is 0 Å². The van der Waals surface area contributed by atoms with Crippen LogP contribution in [0.5, 0.6) is 0 Å². The highest BCUT2D eigenvalue weighted by Crippen LogP contribution is 2.20. The maximum atomic E-state index is 11.4. The highest BCUT2D eigenvalue weighted by Gasteiger charge is 2.31. The SMILES string of the molecule is CC(C)(CO)CN1C(=O)CCCC1=O. The fourth-order valence-corrected chi connectivity index (χ4v) is 1.45. The molecular formula is C10H17NO3. The maximum Gasteiger partial charge on any atom is 0.229 e. The van der Waals surface area contributed by atoms with Gasteiger partial charge in [-0.15, -0.1) is 0 Å². The second-order valence-corrected chi connectivity index (χ2v) is 4.55. The predicted molar refractivity (Wildman–Crippen MR) is 51.4 cm³/mol. The summed E-state index contributed by atoms with van der Waals surface area (Å²) in [6, 6.07) is 0. The normalized spacial score (nSPS) is 18.9. The van der Waals surface area contributed by atoms with E-state index in [-0.39, 0.29) is 18.4 Å². The lowest BCUT2D eigenvalue weighted by atomic mass is 9.93. The summed E-state index contributed by atoms with van der Waals surface area (Å²) in [5, 5.41) is 9.05. The van der Waals surface area contributed by atoms with Crippen molar-refractivity contribution < 1.29 is 14.7 Å². The van der Waals surface area contributed by atoms with E-state index in [0.717, 1.165) is 0 Å². The number of hydrogen-bond donors (Lipinski definition) is 1. The van der Waals surface area contributed by atoms with Gasteiger partial charge < -0.3 is 5.11 Å². The number of likely N-dealkylation sites (tertiary alicyclic amines) is 1. The first kappa shape index (κ1) is 11.2. The predicted octanol–water partition coefficient (Wildman–Crippen LogP) is 0.544. The molecule has 2 amide bonds. The van der Waals surface area contributed by atoms with Crippen LogP contribution in [0.3, 0.4) is 0 Å². The van der Waals surface area contributed by atoms with E-state index in [0.29, 0.717) is 25.8 Å². The van der Waals surface area contributed by atoms with Crippen LogP contribution < -0.4 is 0 Å². The van der Waals surface area contributed by atoms with E-state index in [4.69, 9.17) is 5.11 Å². The second kappa shape index (κ2) is 4.09. The second-order valence-electron chi connectivity index (χ2n) is 4.55. The molecule has 1 fully saturated rings. The van der Waals surface area contributed by atoms with Gasteiger partial charge in [0, 0.05) is 31.4 Å². The van der Waals surface area contributed by atoms with Gasteiger partial charge >= 0.3 is 0 Å². The molecule has 0 aromatic rings. The number of imide groups is 1. The number of aliphatic hydroxyl groups excluding tert-OH is 1. The molecule has 0 bridgehead atoms. The maximum absolute atomic E-state index is 11.4. The van der Waals surface area contributed by atoms with Crippen LogP contribution in [0.25, 0.3) is 0 Å². The highest BCUT2D eigenvalue weighted by atomic mass is 16.3. The molecule has 0 saturated carbocycles. The summed E-state index contributed by atoms with van der Waals surface area (Å²) in [7, 11) is 0. The number of piperidine rings is 1. The summed E-state index contributed by atoms with van der Waals surface area (Å²) in [6.45, 7) is 3.97. The van der Waals surface area contributed by atoms with Crippen LogP contribution in [0.15, 0.2) is 0 Å². The number of aliphatic hydroxyl groups is 1. The average molecular weight is 199 g/mol. The summed E-state index contributed by atoms with van der Waals surface area (Å²) in [5.74, 6) is -0.217. The molecule has 0 unspecified atom stereocenters. The molecular weight excluding hydrogens is 182 g/mol. The molecule has 14 heavy (non-hydrogen) atoms. The Hall–Kier alpha value is -0.900. The van der Waals surface area contributed by atoms with Crippen molar-refractivity contribution >= 4 is 11.8 Å². The van der Waals surface area contributed by atoms with Crippen LogP contribution in [-0.2, 0) is 9.59 Å². The van der Waals surface area contributed by atoms with Gasteiger partial charge in [-0.05, 0) is 6.42 Å². The summed E-state index contributed by atoms with van der Waals surface area (Å²) < 4.78 is 0. The first-order chi connectivity index (χ1) is 6.46. The minimum Gasteiger partial charge on any atom is -0.396 e. The van der Waals surface area contributed by atoms with Gasteiger partial charge in [-0.1, -0.05) is 13.8 Å². The smallest absolute Gasteiger partial charge is 0.229 e. The molecule has 0 atom stereocenters. The van der Waals surface area contributed by atoms with Crippen LogP contribution in [0, 0.1) is 5.41 Å². The molecule has 0 aliphatic carbocycles. The zero-order valence-corrected chi connectivity index (χ0v) is 8.75. The van der Waals surface area contributed by atoms with Crippen LogP contribution in [-0.4, -0.2) is 35.0 Å². The van der Waals surface area contributed by atoms with Crippen molar-refractivity contribution in [1.29, 1.82) is 0 Å². The Morgan fingerprint density at radius 2 is 1.79 bits per heavy atom. The molecule has 0 aromatic carbocycles. The zero-order chi connectivity index (χ0) is 10.8. The quantitative estimate of drug-likeness (QED) is 0.675. The largest absolute Gasteiger partial charge is 0.396 e. The van der Waals surface area contributed by atoms with Crippen molar-refractivity contribution in [3.05, 3.63) is 0 Å². The number of hydrogen-bond acceptors (Lipinski definition) is 3. The monoisotopic (exact) mass is 199 g/mol. The Labute approximate surface area is 83.9 Å². The number of rotatable bonds is 3. The Kier molecular flexibility index (Phi) is 3.26. The Bertz CT molecular complexity index is 232. The number of amides is 2. The van der Waals surface area contributed by atoms with Crippen molar-refractivity contribution in [3.63, 3.8) is 0 Å². The van der Waals surface area contributed by atoms with Gasteiger partial charge in [0.25, 0.3) is 0 Å². The van der Waals surface area contributed by atoms with Gasteiger partial charge in [-0.25, -0.2) is 0 Å². The lowest BCUT2D eigenvalue weighted by Gasteiger charge is -2.32. The minimum atomic E-state index is -0.400. The molecule has 1 N–H and O–H groups in total. The van der Waals surface area contributed by atoms with Crippen LogP contribution in [0.2, 0.25) is 0 Å². The molecule has 0 radical (unpaired) electrons. The van der Waals surface area contributed by atoms with Crippen LogP contribution in [0.1, 0.15) is 33.1 Å². The van der Waals surface area contributed by atoms with E-state index in [9.17, 15) is 9.59 Å². The van der Waals surface area contributed by atoms with Crippen molar-refractivity contribution in [1.82, 2.24) is 4.90 Å². The van der Waals surface area contributed by atoms with Gasteiger partial charge in [0.05, 0.1) is 0 Å². The molecule has 4 heteroatoms. The molecule has 0 spiro atoms. The van der Waals surface area contributed by atoms with Crippen molar-refractivity contribution in [2.24, 2.45) is 5.41 Å². The topological polar surface area (TPSA) is 57.6 Å². The van der Waals surface area contributed by atoms with Gasteiger partial charge in [-0.2, -0.15) is 0 Å². The Balaban J connectivity index is 2.65. The van der Waals surface area contributed by atoms with E-state index in [1.54, 1.807) is 0 Å². The fraction of sp³-hybridized carbons (Fsp3) is 0.800. The molecule has 4 nitrogen and oxygen atoms in total. The molecule has 1 heterocycles. The molecule has 0 aromatic heterocycles. The Morgan fingerprint density at radius 1 is 1.29 bits per heavy atom. The summed E-state index contributed by atoms with van der Waals surface area (Å²) in [5.41, 5.74) is -0.400.